The van der Waals surface area contributed by atoms with Crippen molar-refractivity contribution in [1.29, 1.82) is 0 Å². The fourth-order valence-electron chi connectivity index (χ4n) is 1.78. The molecular formula is C15H10ClN3OS. The molecular weight excluding hydrogens is 306 g/mol. The van der Waals surface area contributed by atoms with Gasteiger partial charge in [0.15, 0.2) is 0 Å². The smallest absolute Gasteiger partial charge is 0.245 e. The predicted molar refractivity (Wildman–Crippen MR) is 88.6 cm³/mol. The molecule has 0 aliphatic carbocycles. The van der Waals surface area contributed by atoms with Crippen LogP contribution in [0.3, 0.4) is 0 Å². The van der Waals surface area contributed by atoms with Crippen LogP contribution in [0, 0.1) is 0 Å². The molecule has 3 rings (SSSR count). The molecule has 0 saturated heterocycles. The molecule has 1 heterocycles. The van der Waals surface area contributed by atoms with E-state index in [1.165, 1.54) is 0 Å². The highest BCUT2D eigenvalue weighted by Crippen LogP contribution is 2.14. The fourth-order valence-corrected chi connectivity index (χ4v) is 2.60. The maximum atomic E-state index is 11.9. The first-order valence-corrected chi connectivity index (χ1v) is 7.36. The van der Waals surface area contributed by atoms with Gasteiger partial charge in [-0.2, -0.15) is 5.10 Å². The van der Waals surface area contributed by atoms with Crippen LogP contribution in [0.1, 0.15) is 5.56 Å². The zero-order valence-electron chi connectivity index (χ0n) is 10.8. The molecule has 0 aliphatic rings. The number of hydrogen-bond donors (Lipinski definition) is 1. The molecule has 21 heavy (non-hydrogen) atoms. The second-order valence-corrected chi connectivity index (χ2v) is 5.64. The van der Waals surface area contributed by atoms with E-state index >= 15 is 0 Å². The Morgan fingerprint density at radius 3 is 2.71 bits per heavy atom. The average Bonchev–Trinajstić information content (AvgIpc) is 2.49. The van der Waals surface area contributed by atoms with Gasteiger partial charge in [-0.25, -0.2) is 4.98 Å². The Kier molecular flexibility index (Phi) is 3.94. The van der Waals surface area contributed by atoms with E-state index in [1.807, 2.05) is 24.3 Å². The number of anilines is 1. The van der Waals surface area contributed by atoms with Gasteiger partial charge < -0.3 is 0 Å². The molecule has 0 radical (unpaired) electrons. The lowest BCUT2D eigenvalue weighted by atomic mass is 10.2. The molecule has 4 nitrogen and oxygen atoms in total. The van der Waals surface area contributed by atoms with Crippen molar-refractivity contribution < 1.29 is 0 Å². The van der Waals surface area contributed by atoms with Crippen LogP contribution in [0.25, 0.3) is 10.9 Å². The summed E-state index contributed by atoms with van der Waals surface area (Å²) in [5.74, 6) is 0. The van der Waals surface area contributed by atoms with Crippen LogP contribution < -0.4 is 10.2 Å². The van der Waals surface area contributed by atoms with Crippen molar-refractivity contribution in [2.24, 2.45) is 5.10 Å². The number of benzene rings is 2. The Balaban J connectivity index is 1.82. The first kappa shape index (κ1) is 13.7. The molecule has 0 amide bonds. The minimum atomic E-state index is -0.0372. The Morgan fingerprint density at radius 1 is 1.14 bits per heavy atom. The predicted octanol–water partition coefficient (Wildman–Crippen LogP) is 3.76. The lowest BCUT2D eigenvalue weighted by Gasteiger charge is -2.00. The van der Waals surface area contributed by atoms with E-state index in [-0.39, 0.29) is 4.74 Å². The molecule has 0 unspecified atom stereocenters. The third-order valence-electron chi connectivity index (χ3n) is 2.78. The van der Waals surface area contributed by atoms with Crippen LogP contribution in [0.15, 0.2) is 58.4 Å². The largest absolute Gasteiger partial charge is 0.277 e. The van der Waals surface area contributed by atoms with Crippen molar-refractivity contribution in [3.8, 4) is 0 Å². The summed E-state index contributed by atoms with van der Waals surface area (Å²) >= 11 is 6.84. The Labute approximate surface area is 129 Å². The molecule has 1 N–H and O–H groups in total. The molecule has 0 bridgehead atoms. The zero-order chi connectivity index (χ0) is 14.7. The van der Waals surface area contributed by atoms with Crippen LogP contribution in [0.4, 0.5) is 5.13 Å². The summed E-state index contributed by atoms with van der Waals surface area (Å²) < 4.78 is -0.0372. The Bertz CT molecular complexity index is 859. The van der Waals surface area contributed by atoms with Crippen molar-refractivity contribution in [3.63, 3.8) is 0 Å². The molecule has 0 aliphatic heterocycles. The van der Waals surface area contributed by atoms with Gasteiger partial charge in [0.05, 0.1) is 17.1 Å². The van der Waals surface area contributed by atoms with E-state index < -0.39 is 0 Å². The number of hydrogen-bond acceptors (Lipinski definition) is 5. The molecule has 2 aromatic carbocycles. The minimum absolute atomic E-state index is 0.0372. The normalized spacial score (nSPS) is 11.1. The summed E-state index contributed by atoms with van der Waals surface area (Å²) in [5, 5.41) is 5.84. The van der Waals surface area contributed by atoms with Gasteiger partial charge in [0.1, 0.15) is 0 Å². The Morgan fingerprint density at radius 2 is 1.90 bits per heavy atom. The molecule has 0 spiro atoms. The zero-order valence-corrected chi connectivity index (χ0v) is 12.4. The van der Waals surface area contributed by atoms with Crippen molar-refractivity contribution in [2.75, 3.05) is 5.43 Å². The monoisotopic (exact) mass is 315 g/mol. The second-order valence-electron chi connectivity index (χ2n) is 4.25. The standard InChI is InChI=1S/C15H10ClN3OS/c16-11-7-5-10(6-8-11)9-17-19-15-18-13-4-2-1-3-12(13)14(20)21-15/h1-9H,(H,18,19). The molecule has 3 aromatic rings. The van der Waals surface area contributed by atoms with E-state index in [0.29, 0.717) is 21.1 Å². The third-order valence-corrected chi connectivity index (χ3v) is 3.81. The van der Waals surface area contributed by atoms with Crippen LogP contribution in [0.5, 0.6) is 0 Å². The van der Waals surface area contributed by atoms with Crippen molar-refractivity contribution in [2.45, 2.75) is 0 Å². The van der Waals surface area contributed by atoms with E-state index in [2.05, 4.69) is 15.5 Å². The molecule has 1 aromatic heterocycles. The van der Waals surface area contributed by atoms with Gasteiger partial charge in [0.25, 0.3) is 0 Å². The second kappa shape index (κ2) is 6.03. The number of aromatic nitrogens is 1. The summed E-state index contributed by atoms with van der Waals surface area (Å²) in [5.41, 5.74) is 4.35. The number of rotatable bonds is 3. The summed E-state index contributed by atoms with van der Waals surface area (Å²) in [7, 11) is 0. The van der Waals surface area contributed by atoms with Crippen molar-refractivity contribution >= 4 is 45.2 Å². The lowest BCUT2D eigenvalue weighted by molar-refractivity contribution is 1.30. The van der Waals surface area contributed by atoms with Crippen LogP contribution in [0.2, 0.25) is 5.02 Å². The summed E-state index contributed by atoms with van der Waals surface area (Å²) in [4.78, 5) is 16.3. The van der Waals surface area contributed by atoms with Crippen molar-refractivity contribution in [3.05, 3.63) is 68.7 Å². The molecule has 0 saturated carbocycles. The highest BCUT2D eigenvalue weighted by molar-refractivity contribution is 7.13. The van der Waals surface area contributed by atoms with Crippen LogP contribution >= 0.6 is 22.9 Å². The van der Waals surface area contributed by atoms with Gasteiger partial charge in [0.2, 0.25) is 9.87 Å². The SMILES string of the molecule is O=c1sc(NN=Cc2ccc(Cl)cc2)nc2ccccc12. The van der Waals surface area contributed by atoms with E-state index in [0.717, 1.165) is 16.9 Å². The number of fused-ring (bicyclic) bond motifs is 1. The summed E-state index contributed by atoms with van der Waals surface area (Å²) in [6.07, 6.45) is 1.64. The minimum Gasteiger partial charge on any atom is -0.277 e. The quantitative estimate of drug-likeness (QED) is 0.591. The van der Waals surface area contributed by atoms with Gasteiger partial charge >= 0.3 is 0 Å². The highest BCUT2D eigenvalue weighted by Gasteiger charge is 2.02. The van der Waals surface area contributed by atoms with Crippen LogP contribution in [-0.2, 0) is 0 Å². The van der Waals surface area contributed by atoms with Crippen molar-refractivity contribution in [1.82, 2.24) is 4.98 Å². The van der Waals surface area contributed by atoms with E-state index in [4.69, 9.17) is 11.6 Å². The maximum Gasteiger partial charge on any atom is 0.245 e. The molecule has 0 atom stereocenters. The third kappa shape index (κ3) is 3.26. The van der Waals surface area contributed by atoms with Crippen LogP contribution in [-0.4, -0.2) is 11.2 Å². The molecule has 0 fully saturated rings. The van der Waals surface area contributed by atoms with E-state index in [9.17, 15) is 4.79 Å². The number of nitrogens with zero attached hydrogens (tertiary/aromatic N) is 2. The number of halogens is 1. The number of hydrazone groups is 1. The topological polar surface area (TPSA) is 54.4 Å². The summed E-state index contributed by atoms with van der Waals surface area (Å²) in [6.45, 7) is 0. The number of para-hydroxylation sites is 1. The maximum absolute atomic E-state index is 11.9. The van der Waals surface area contributed by atoms with Gasteiger partial charge in [-0.1, -0.05) is 47.2 Å². The van der Waals surface area contributed by atoms with Gasteiger partial charge in [-0.05, 0) is 29.8 Å². The number of nitrogens with one attached hydrogen (secondary N) is 1. The fraction of sp³-hybridized carbons (Fsp3) is 0. The molecule has 104 valence electrons. The van der Waals surface area contributed by atoms with Gasteiger partial charge in [-0.15, -0.1) is 0 Å². The van der Waals surface area contributed by atoms with Gasteiger partial charge in [0, 0.05) is 5.02 Å². The first-order chi connectivity index (χ1) is 10.2. The summed E-state index contributed by atoms with van der Waals surface area (Å²) in [6, 6.07) is 14.5. The van der Waals surface area contributed by atoms with E-state index in [1.54, 1.807) is 30.5 Å². The first-order valence-electron chi connectivity index (χ1n) is 6.17. The highest BCUT2D eigenvalue weighted by atomic mass is 35.5. The molecule has 6 heteroatoms. The Hall–Kier alpha value is -2.24. The van der Waals surface area contributed by atoms with Gasteiger partial charge in [-0.3, -0.25) is 10.2 Å². The average molecular weight is 316 g/mol. The lowest BCUT2D eigenvalue weighted by Crippen LogP contribution is -2.00.